The Morgan fingerprint density at radius 3 is 2.47 bits per heavy atom. The number of hydrogen-bond acceptors (Lipinski definition) is 1. The summed E-state index contributed by atoms with van der Waals surface area (Å²) in [5.74, 6) is 0. The number of benzene rings is 2. The second-order valence-electron chi connectivity index (χ2n) is 4.96. The largest absolute Gasteiger partial charge is 0.310 e. The van der Waals surface area contributed by atoms with E-state index < -0.39 is 0 Å². The number of hydrogen-bond donors (Lipinski definition) is 1. The number of nitrogens with one attached hydrogen (secondary N) is 1. The third-order valence-corrected chi connectivity index (χ3v) is 3.60. The smallest absolute Gasteiger partial charge is 0.0317 e. The van der Waals surface area contributed by atoms with E-state index in [0.29, 0.717) is 6.04 Å². The molecule has 0 radical (unpaired) electrons. The van der Waals surface area contributed by atoms with Gasteiger partial charge in [0.25, 0.3) is 0 Å². The van der Waals surface area contributed by atoms with Crippen molar-refractivity contribution in [1.82, 2.24) is 5.32 Å². The van der Waals surface area contributed by atoms with E-state index in [9.17, 15) is 0 Å². The van der Waals surface area contributed by atoms with Crippen molar-refractivity contribution in [2.75, 3.05) is 6.54 Å². The van der Waals surface area contributed by atoms with Crippen LogP contribution in [0.1, 0.15) is 37.4 Å². The molecule has 0 heterocycles. The summed E-state index contributed by atoms with van der Waals surface area (Å²) in [7, 11) is 0. The molecule has 0 amide bonds. The zero-order chi connectivity index (χ0) is 13.7. The van der Waals surface area contributed by atoms with E-state index in [-0.39, 0.29) is 0 Å². The molecule has 0 saturated carbocycles. The first-order valence-electron chi connectivity index (χ1n) is 7.15. The zero-order valence-corrected chi connectivity index (χ0v) is 12.1. The van der Waals surface area contributed by atoms with Crippen LogP contribution in [0.2, 0.25) is 0 Å². The van der Waals surface area contributed by atoms with Crippen molar-refractivity contribution >= 4 is 0 Å². The highest BCUT2D eigenvalue weighted by Crippen LogP contribution is 2.26. The molecule has 19 heavy (non-hydrogen) atoms. The van der Waals surface area contributed by atoms with Crippen LogP contribution in [-0.2, 0) is 0 Å². The fourth-order valence-electron chi connectivity index (χ4n) is 2.56. The van der Waals surface area contributed by atoms with Crippen LogP contribution < -0.4 is 5.32 Å². The van der Waals surface area contributed by atoms with Gasteiger partial charge >= 0.3 is 0 Å². The predicted octanol–water partition coefficient (Wildman–Crippen LogP) is 4.72. The van der Waals surface area contributed by atoms with Crippen LogP contribution in [0.4, 0.5) is 0 Å². The molecule has 0 aliphatic heterocycles. The third kappa shape index (κ3) is 3.24. The van der Waals surface area contributed by atoms with E-state index in [0.717, 1.165) is 13.0 Å². The monoisotopic (exact) mass is 253 g/mol. The average molecular weight is 253 g/mol. The molecule has 0 aliphatic carbocycles. The summed E-state index contributed by atoms with van der Waals surface area (Å²) in [6.07, 6.45) is 1.12. The van der Waals surface area contributed by atoms with E-state index in [4.69, 9.17) is 0 Å². The topological polar surface area (TPSA) is 12.0 Å². The van der Waals surface area contributed by atoms with Crippen molar-refractivity contribution in [2.24, 2.45) is 0 Å². The maximum Gasteiger partial charge on any atom is 0.0317 e. The molecular formula is C18H23N. The van der Waals surface area contributed by atoms with Gasteiger partial charge in [0.05, 0.1) is 0 Å². The SMILES string of the molecule is CCNC(CC)c1cccc(-c2ccccc2C)c1. The second-order valence-corrected chi connectivity index (χ2v) is 4.96. The van der Waals surface area contributed by atoms with Gasteiger partial charge < -0.3 is 5.32 Å². The lowest BCUT2D eigenvalue weighted by atomic mass is 9.96. The lowest BCUT2D eigenvalue weighted by molar-refractivity contribution is 0.537. The summed E-state index contributed by atoms with van der Waals surface area (Å²) in [4.78, 5) is 0. The lowest BCUT2D eigenvalue weighted by Gasteiger charge is -2.17. The normalized spacial score (nSPS) is 12.4. The fraction of sp³-hybridized carbons (Fsp3) is 0.333. The van der Waals surface area contributed by atoms with Gasteiger partial charge in [-0.1, -0.05) is 56.3 Å². The summed E-state index contributed by atoms with van der Waals surface area (Å²) in [5.41, 5.74) is 5.35. The average Bonchev–Trinajstić information content (AvgIpc) is 2.45. The van der Waals surface area contributed by atoms with Crippen molar-refractivity contribution < 1.29 is 0 Å². The second kappa shape index (κ2) is 6.53. The molecule has 1 nitrogen and oxygen atoms in total. The quantitative estimate of drug-likeness (QED) is 0.812. The molecule has 0 bridgehead atoms. The fourth-order valence-corrected chi connectivity index (χ4v) is 2.56. The van der Waals surface area contributed by atoms with Gasteiger partial charge in [0, 0.05) is 6.04 Å². The molecule has 0 aromatic heterocycles. The molecule has 0 spiro atoms. The minimum absolute atomic E-state index is 0.453. The molecule has 2 aromatic rings. The van der Waals surface area contributed by atoms with Crippen molar-refractivity contribution in [1.29, 1.82) is 0 Å². The molecule has 0 fully saturated rings. The first kappa shape index (κ1) is 13.8. The Balaban J connectivity index is 2.36. The Hall–Kier alpha value is -1.60. The van der Waals surface area contributed by atoms with Crippen molar-refractivity contribution in [3.63, 3.8) is 0 Å². The molecule has 1 atom stereocenters. The Bertz CT molecular complexity index is 531. The zero-order valence-electron chi connectivity index (χ0n) is 12.1. The van der Waals surface area contributed by atoms with Gasteiger partial charge in [0.1, 0.15) is 0 Å². The minimum Gasteiger partial charge on any atom is -0.310 e. The van der Waals surface area contributed by atoms with Gasteiger partial charge in [-0.05, 0) is 48.2 Å². The van der Waals surface area contributed by atoms with Gasteiger partial charge in [-0.2, -0.15) is 0 Å². The van der Waals surface area contributed by atoms with Crippen LogP contribution in [0.3, 0.4) is 0 Å². The lowest BCUT2D eigenvalue weighted by Crippen LogP contribution is -2.19. The Morgan fingerprint density at radius 1 is 1.00 bits per heavy atom. The summed E-state index contributed by atoms with van der Waals surface area (Å²) in [5, 5.41) is 3.54. The molecule has 2 aromatic carbocycles. The van der Waals surface area contributed by atoms with Gasteiger partial charge in [-0.25, -0.2) is 0 Å². The minimum atomic E-state index is 0.453. The van der Waals surface area contributed by atoms with Crippen LogP contribution in [-0.4, -0.2) is 6.54 Å². The molecule has 1 N–H and O–H groups in total. The maximum atomic E-state index is 3.54. The highest BCUT2D eigenvalue weighted by Gasteiger charge is 2.09. The Morgan fingerprint density at radius 2 is 1.79 bits per heavy atom. The predicted molar refractivity (Wildman–Crippen MR) is 83.3 cm³/mol. The first-order chi connectivity index (χ1) is 9.26. The summed E-state index contributed by atoms with van der Waals surface area (Å²) < 4.78 is 0. The van der Waals surface area contributed by atoms with Gasteiger partial charge in [-0.15, -0.1) is 0 Å². The van der Waals surface area contributed by atoms with Crippen molar-refractivity contribution in [2.45, 2.75) is 33.2 Å². The Kier molecular flexibility index (Phi) is 4.75. The molecule has 0 saturated heterocycles. The summed E-state index contributed by atoms with van der Waals surface area (Å²) in [6.45, 7) is 7.57. The van der Waals surface area contributed by atoms with Crippen LogP contribution in [0.15, 0.2) is 48.5 Å². The molecule has 0 aliphatic rings. The van der Waals surface area contributed by atoms with Gasteiger partial charge in [-0.3, -0.25) is 0 Å². The van der Waals surface area contributed by atoms with E-state index in [1.807, 2.05) is 0 Å². The first-order valence-corrected chi connectivity index (χ1v) is 7.15. The standard InChI is InChI=1S/C18H23N/c1-4-18(19-5-2)16-11-8-10-15(13-16)17-12-7-6-9-14(17)3/h6-13,18-19H,4-5H2,1-3H3. The van der Waals surface area contributed by atoms with Crippen LogP contribution in [0.5, 0.6) is 0 Å². The highest BCUT2D eigenvalue weighted by molar-refractivity contribution is 5.67. The molecule has 1 unspecified atom stereocenters. The molecule has 100 valence electrons. The molecule has 2 rings (SSSR count). The van der Waals surface area contributed by atoms with Crippen molar-refractivity contribution in [3.05, 3.63) is 59.7 Å². The summed E-state index contributed by atoms with van der Waals surface area (Å²) >= 11 is 0. The highest BCUT2D eigenvalue weighted by atomic mass is 14.9. The van der Waals surface area contributed by atoms with Gasteiger partial charge in [0.2, 0.25) is 0 Å². The van der Waals surface area contributed by atoms with E-state index in [2.05, 4.69) is 74.6 Å². The van der Waals surface area contributed by atoms with E-state index in [1.54, 1.807) is 0 Å². The van der Waals surface area contributed by atoms with E-state index >= 15 is 0 Å². The number of rotatable bonds is 5. The Labute approximate surface area is 116 Å². The van der Waals surface area contributed by atoms with Crippen LogP contribution in [0, 0.1) is 6.92 Å². The van der Waals surface area contributed by atoms with Crippen LogP contribution in [0.25, 0.3) is 11.1 Å². The number of aryl methyl sites for hydroxylation is 1. The van der Waals surface area contributed by atoms with Crippen LogP contribution >= 0.6 is 0 Å². The third-order valence-electron chi connectivity index (χ3n) is 3.60. The molecular weight excluding hydrogens is 230 g/mol. The summed E-state index contributed by atoms with van der Waals surface area (Å²) in [6, 6.07) is 17.9. The van der Waals surface area contributed by atoms with Crippen molar-refractivity contribution in [3.8, 4) is 11.1 Å². The van der Waals surface area contributed by atoms with E-state index in [1.165, 1.54) is 22.3 Å². The van der Waals surface area contributed by atoms with Gasteiger partial charge in [0.15, 0.2) is 0 Å². The molecule has 1 heteroatoms. The maximum absolute atomic E-state index is 3.54.